The molecule has 1 aliphatic heterocycles. The first-order chi connectivity index (χ1) is 12.7. The lowest BCUT2D eigenvalue weighted by molar-refractivity contribution is 0.379. The topological polar surface area (TPSA) is 87.7 Å². The Morgan fingerprint density at radius 2 is 2.04 bits per heavy atom. The summed E-state index contributed by atoms with van der Waals surface area (Å²) < 4.78 is 5.65. The first kappa shape index (κ1) is 16.2. The molecule has 130 valence electrons. The van der Waals surface area contributed by atoms with E-state index in [0.29, 0.717) is 11.5 Å². The number of aromatic amines is 1. The molecule has 1 unspecified atom stereocenters. The molecule has 26 heavy (non-hydrogen) atoms. The first-order valence-corrected chi connectivity index (χ1v) is 8.87. The van der Waals surface area contributed by atoms with Crippen LogP contribution >= 0.6 is 0 Å². The standard InChI is InChI=1S/C21H20N4O/c1-2-3-11-17-19-18(16(12-22)20(23)26-21(19)25-24-17)15-10-6-8-13-7-4-5-9-14(13)15/h4-10,18H,2-3,11,23H2,1H3,(H,24,25). The first-order valence-electron chi connectivity index (χ1n) is 8.87. The highest BCUT2D eigenvalue weighted by atomic mass is 16.5. The molecule has 5 heteroatoms. The number of nitrogens with zero attached hydrogens (tertiary/aromatic N) is 2. The predicted octanol–water partition coefficient (Wildman–Crippen LogP) is 4.12. The monoisotopic (exact) mass is 344 g/mol. The van der Waals surface area contributed by atoms with Crippen LogP contribution in [0.25, 0.3) is 10.8 Å². The van der Waals surface area contributed by atoms with Gasteiger partial charge in [-0.05, 0) is 29.2 Å². The molecule has 3 N–H and O–H groups in total. The largest absolute Gasteiger partial charge is 0.420 e. The normalized spacial score (nSPS) is 16.2. The van der Waals surface area contributed by atoms with Crippen molar-refractivity contribution in [3.8, 4) is 11.9 Å². The highest BCUT2D eigenvalue weighted by Crippen LogP contribution is 2.44. The van der Waals surface area contributed by atoms with Crippen LogP contribution in [0.4, 0.5) is 0 Å². The van der Waals surface area contributed by atoms with Crippen molar-refractivity contribution in [3.05, 3.63) is 70.7 Å². The number of fused-ring (bicyclic) bond motifs is 2. The van der Waals surface area contributed by atoms with E-state index in [-0.39, 0.29) is 11.8 Å². The van der Waals surface area contributed by atoms with Gasteiger partial charge in [-0.15, -0.1) is 5.10 Å². The number of H-pyrrole nitrogens is 1. The predicted molar refractivity (Wildman–Crippen MR) is 100 cm³/mol. The van der Waals surface area contributed by atoms with E-state index in [1.165, 1.54) is 0 Å². The van der Waals surface area contributed by atoms with E-state index in [2.05, 4.69) is 47.5 Å². The third-order valence-electron chi connectivity index (χ3n) is 4.93. The van der Waals surface area contributed by atoms with Crippen LogP contribution < -0.4 is 10.5 Å². The average molecular weight is 344 g/mol. The Labute approximate surface area is 152 Å². The van der Waals surface area contributed by atoms with Crippen molar-refractivity contribution in [2.75, 3.05) is 0 Å². The minimum atomic E-state index is -0.277. The van der Waals surface area contributed by atoms with Gasteiger partial charge in [0.05, 0.1) is 5.92 Å². The summed E-state index contributed by atoms with van der Waals surface area (Å²) in [6.07, 6.45) is 2.98. The van der Waals surface area contributed by atoms with Crippen molar-refractivity contribution in [1.82, 2.24) is 10.2 Å². The van der Waals surface area contributed by atoms with Gasteiger partial charge in [0.1, 0.15) is 11.6 Å². The molecular weight excluding hydrogens is 324 g/mol. The molecule has 1 aliphatic rings. The van der Waals surface area contributed by atoms with Crippen LogP contribution in [0.15, 0.2) is 53.9 Å². The zero-order chi connectivity index (χ0) is 18.1. The second-order valence-electron chi connectivity index (χ2n) is 6.52. The SMILES string of the molecule is CCCCc1[nH]nc2c1C(c1cccc3ccccc13)C(C#N)=C(N)O2. The van der Waals surface area contributed by atoms with E-state index >= 15 is 0 Å². The van der Waals surface area contributed by atoms with E-state index in [4.69, 9.17) is 10.5 Å². The fourth-order valence-corrected chi connectivity index (χ4v) is 3.67. The van der Waals surface area contributed by atoms with Gasteiger partial charge in [-0.3, -0.25) is 5.10 Å². The molecule has 0 fully saturated rings. The van der Waals surface area contributed by atoms with Crippen molar-refractivity contribution in [2.24, 2.45) is 5.73 Å². The number of aryl methyl sites for hydroxylation is 1. The van der Waals surface area contributed by atoms with Gasteiger partial charge in [-0.25, -0.2) is 0 Å². The molecule has 1 atom stereocenters. The third kappa shape index (κ3) is 2.51. The van der Waals surface area contributed by atoms with Crippen molar-refractivity contribution in [2.45, 2.75) is 32.1 Å². The van der Waals surface area contributed by atoms with Crippen molar-refractivity contribution >= 4 is 10.8 Å². The minimum Gasteiger partial charge on any atom is -0.420 e. The van der Waals surface area contributed by atoms with Crippen molar-refractivity contribution in [1.29, 1.82) is 5.26 Å². The van der Waals surface area contributed by atoms with Crippen LogP contribution in [0, 0.1) is 11.3 Å². The van der Waals surface area contributed by atoms with Crippen LogP contribution in [0.5, 0.6) is 5.88 Å². The summed E-state index contributed by atoms with van der Waals surface area (Å²) in [7, 11) is 0. The quantitative estimate of drug-likeness (QED) is 0.745. The molecule has 0 amide bonds. The van der Waals surface area contributed by atoms with Crippen LogP contribution in [0.3, 0.4) is 0 Å². The summed E-state index contributed by atoms with van der Waals surface area (Å²) in [6, 6.07) is 16.6. The molecule has 2 aromatic carbocycles. The number of allylic oxidation sites excluding steroid dienone is 1. The minimum absolute atomic E-state index is 0.131. The Morgan fingerprint density at radius 1 is 1.23 bits per heavy atom. The van der Waals surface area contributed by atoms with Crippen LogP contribution in [-0.2, 0) is 6.42 Å². The maximum atomic E-state index is 9.80. The van der Waals surface area contributed by atoms with Gasteiger partial charge in [0, 0.05) is 11.3 Å². The smallest absolute Gasteiger partial charge is 0.244 e. The Kier molecular flexibility index (Phi) is 4.10. The number of nitrogens with two attached hydrogens (primary N) is 1. The second kappa shape index (κ2) is 6.57. The highest BCUT2D eigenvalue weighted by molar-refractivity contribution is 5.87. The van der Waals surface area contributed by atoms with E-state index < -0.39 is 0 Å². The summed E-state index contributed by atoms with van der Waals surface area (Å²) in [4.78, 5) is 0. The number of ether oxygens (including phenoxy) is 1. The van der Waals surface area contributed by atoms with E-state index in [1.54, 1.807) is 0 Å². The maximum absolute atomic E-state index is 9.80. The van der Waals surface area contributed by atoms with Crippen LogP contribution in [0.2, 0.25) is 0 Å². The highest BCUT2D eigenvalue weighted by Gasteiger charge is 2.35. The van der Waals surface area contributed by atoms with Gasteiger partial charge >= 0.3 is 0 Å². The van der Waals surface area contributed by atoms with Crippen molar-refractivity contribution < 1.29 is 4.74 Å². The molecule has 3 aromatic rings. The molecule has 0 spiro atoms. The van der Waals surface area contributed by atoms with Crippen molar-refractivity contribution in [3.63, 3.8) is 0 Å². The zero-order valence-corrected chi connectivity index (χ0v) is 14.6. The molecule has 0 aliphatic carbocycles. The lowest BCUT2D eigenvalue weighted by Gasteiger charge is -2.25. The summed E-state index contributed by atoms with van der Waals surface area (Å²) >= 11 is 0. The molecule has 2 heterocycles. The molecule has 4 rings (SSSR count). The lowest BCUT2D eigenvalue weighted by Crippen LogP contribution is -2.21. The number of nitrogens with one attached hydrogen (secondary N) is 1. The summed E-state index contributed by atoms with van der Waals surface area (Å²) in [5, 5.41) is 19.4. The fraction of sp³-hybridized carbons (Fsp3) is 0.238. The zero-order valence-electron chi connectivity index (χ0n) is 14.6. The molecule has 0 saturated carbocycles. The molecule has 5 nitrogen and oxygen atoms in total. The Morgan fingerprint density at radius 3 is 2.85 bits per heavy atom. The van der Waals surface area contributed by atoms with Gasteiger partial charge in [0.25, 0.3) is 0 Å². The van der Waals surface area contributed by atoms with E-state index in [1.807, 2.05) is 18.2 Å². The molecule has 1 aromatic heterocycles. The van der Waals surface area contributed by atoms with E-state index in [0.717, 1.165) is 46.9 Å². The molecule has 0 radical (unpaired) electrons. The number of unbranched alkanes of at least 4 members (excludes halogenated alkanes) is 1. The second-order valence-corrected chi connectivity index (χ2v) is 6.52. The summed E-state index contributed by atoms with van der Waals surface area (Å²) in [5.74, 6) is 0.331. The van der Waals surface area contributed by atoms with E-state index in [9.17, 15) is 5.26 Å². The van der Waals surface area contributed by atoms with Gasteiger partial charge in [0.2, 0.25) is 11.8 Å². The van der Waals surface area contributed by atoms with Crippen LogP contribution in [0.1, 0.15) is 42.5 Å². The average Bonchev–Trinajstić information content (AvgIpc) is 3.07. The van der Waals surface area contributed by atoms with Gasteiger partial charge in [-0.1, -0.05) is 55.8 Å². The number of rotatable bonds is 4. The third-order valence-corrected chi connectivity index (χ3v) is 4.93. The number of hydrogen-bond acceptors (Lipinski definition) is 4. The number of nitriles is 1. The lowest BCUT2D eigenvalue weighted by atomic mass is 9.81. The maximum Gasteiger partial charge on any atom is 0.244 e. The Balaban J connectivity index is 1.96. The van der Waals surface area contributed by atoms with Gasteiger partial charge in [-0.2, -0.15) is 5.26 Å². The number of hydrogen-bond donors (Lipinski definition) is 2. The summed E-state index contributed by atoms with van der Waals surface area (Å²) in [5.41, 5.74) is 9.50. The van der Waals surface area contributed by atoms with Gasteiger partial charge in [0.15, 0.2) is 0 Å². The van der Waals surface area contributed by atoms with Crippen LogP contribution in [-0.4, -0.2) is 10.2 Å². The number of benzene rings is 2. The Hall–Kier alpha value is -3.26. The molecular formula is C21H20N4O. The molecule has 0 saturated heterocycles. The fourth-order valence-electron chi connectivity index (χ4n) is 3.67. The summed E-state index contributed by atoms with van der Waals surface area (Å²) in [6.45, 7) is 2.15. The molecule has 0 bridgehead atoms. The van der Waals surface area contributed by atoms with Gasteiger partial charge < -0.3 is 10.5 Å². The number of aromatic nitrogens is 2. The Bertz CT molecular complexity index is 1040.